The Hall–Kier alpha value is -2.10. The molecule has 1 heterocycles. The molecule has 24 heavy (non-hydrogen) atoms. The van der Waals surface area contributed by atoms with Gasteiger partial charge in [-0.1, -0.05) is 18.7 Å². The van der Waals surface area contributed by atoms with Gasteiger partial charge in [0.15, 0.2) is 0 Å². The summed E-state index contributed by atoms with van der Waals surface area (Å²) >= 11 is 1.03. The quantitative estimate of drug-likeness (QED) is 0.442. The molecule has 0 aliphatic heterocycles. The van der Waals surface area contributed by atoms with Gasteiger partial charge >= 0.3 is 6.18 Å². The molecule has 1 aromatic carbocycles. The van der Waals surface area contributed by atoms with E-state index in [4.69, 9.17) is 15.3 Å². The minimum absolute atomic E-state index is 0.0192. The first kappa shape index (κ1) is 18.2. The maximum Gasteiger partial charge on any atom is 0.453 e. The molecule has 0 saturated heterocycles. The van der Waals surface area contributed by atoms with Crippen molar-refractivity contribution in [3.05, 3.63) is 30.1 Å². The molecule has 0 unspecified atom stereocenters. The maximum atomic E-state index is 12.5. The van der Waals surface area contributed by atoms with Crippen LogP contribution in [0.3, 0.4) is 0 Å². The predicted molar refractivity (Wildman–Crippen MR) is 83.6 cm³/mol. The Morgan fingerprint density at radius 1 is 1.08 bits per heavy atom. The number of alkyl halides is 3. The molecule has 132 valence electrons. The number of nitrogen functional groups attached to an aromatic ring is 1. The predicted octanol–water partition coefficient (Wildman–Crippen LogP) is 2.97. The summed E-state index contributed by atoms with van der Waals surface area (Å²) in [7, 11) is 0. The Bertz CT molecular complexity index is 646. The van der Waals surface area contributed by atoms with E-state index >= 15 is 0 Å². The van der Waals surface area contributed by atoms with Gasteiger partial charge in [-0.15, -0.1) is 10.2 Å². The Labute approximate surface area is 141 Å². The van der Waals surface area contributed by atoms with Crippen LogP contribution in [0.5, 0.6) is 11.5 Å². The number of hydrogen-bond donors (Lipinski definition) is 1. The van der Waals surface area contributed by atoms with Crippen molar-refractivity contribution in [2.75, 3.05) is 24.8 Å². The smallest absolute Gasteiger partial charge is 0.453 e. The first-order valence-corrected chi connectivity index (χ1v) is 8.16. The first-order chi connectivity index (χ1) is 11.4. The monoisotopic (exact) mass is 362 g/mol. The zero-order chi connectivity index (χ0) is 17.6. The fourth-order valence-electron chi connectivity index (χ4n) is 1.71. The molecular weight excluding hydrogens is 345 g/mol. The van der Waals surface area contributed by atoms with Crippen LogP contribution in [0.1, 0.15) is 19.2 Å². The SMILES string of the molecule is CCCOc1ccc(OCCSc2nnc(C(F)(F)F)n2N)cc1. The van der Waals surface area contributed by atoms with Crippen molar-refractivity contribution < 1.29 is 22.6 Å². The second-order valence-electron chi connectivity index (χ2n) is 4.69. The van der Waals surface area contributed by atoms with Crippen molar-refractivity contribution in [2.24, 2.45) is 0 Å². The Kier molecular flexibility index (Phi) is 6.18. The number of ether oxygens (including phenoxy) is 2. The van der Waals surface area contributed by atoms with Crippen LogP contribution < -0.4 is 15.3 Å². The van der Waals surface area contributed by atoms with Gasteiger partial charge in [-0.25, -0.2) is 4.68 Å². The molecule has 0 amide bonds. The number of halogens is 3. The second kappa shape index (κ2) is 8.13. The first-order valence-electron chi connectivity index (χ1n) is 7.18. The van der Waals surface area contributed by atoms with E-state index in [1.54, 1.807) is 24.3 Å². The average Bonchev–Trinajstić information content (AvgIpc) is 2.92. The highest BCUT2D eigenvalue weighted by atomic mass is 32.2. The third-order valence-electron chi connectivity index (χ3n) is 2.80. The lowest BCUT2D eigenvalue weighted by molar-refractivity contribution is -0.146. The lowest BCUT2D eigenvalue weighted by Gasteiger charge is -2.08. The topological polar surface area (TPSA) is 75.2 Å². The molecule has 0 aliphatic rings. The number of rotatable bonds is 8. The zero-order valence-corrected chi connectivity index (χ0v) is 13.7. The minimum atomic E-state index is -4.63. The van der Waals surface area contributed by atoms with Crippen LogP contribution in [0.15, 0.2) is 29.4 Å². The summed E-state index contributed by atoms with van der Waals surface area (Å²) in [6.45, 7) is 2.96. The van der Waals surface area contributed by atoms with Gasteiger partial charge in [0.25, 0.3) is 5.82 Å². The molecular formula is C14H17F3N4O2S. The van der Waals surface area contributed by atoms with Gasteiger partial charge in [-0.3, -0.25) is 0 Å². The van der Waals surface area contributed by atoms with E-state index in [9.17, 15) is 13.2 Å². The number of nitrogens with two attached hydrogens (primary N) is 1. The van der Waals surface area contributed by atoms with Crippen molar-refractivity contribution >= 4 is 11.8 Å². The summed E-state index contributed by atoms with van der Waals surface area (Å²) in [5, 5.41) is 6.45. The lowest BCUT2D eigenvalue weighted by Crippen LogP contribution is -2.21. The summed E-state index contributed by atoms with van der Waals surface area (Å²) in [6.07, 6.45) is -3.70. The summed E-state index contributed by atoms with van der Waals surface area (Å²) < 4.78 is 49.0. The van der Waals surface area contributed by atoms with Crippen LogP contribution in [0, 0.1) is 0 Å². The normalized spacial score (nSPS) is 11.5. The molecule has 0 atom stereocenters. The van der Waals surface area contributed by atoms with E-state index < -0.39 is 12.0 Å². The van der Waals surface area contributed by atoms with Crippen LogP contribution >= 0.6 is 11.8 Å². The van der Waals surface area contributed by atoms with Crippen molar-refractivity contribution in [3.63, 3.8) is 0 Å². The molecule has 1 aromatic heterocycles. The van der Waals surface area contributed by atoms with Crippen molar-refractivity contribution in [2.45, 2.75) is 24.7 Å². The fourth-order valence-corrected chi connectivity index (χ4v) is 2.39. The Morgan fingerprint density at radius 2 is 1.67 bits per heavy atom. The number of thioether (sulfide) groups is 1. The maximum absolute atomic E-state index is 12.5. The van der Waals surface area contributed by atoms with E-state index in [0.29, 0.717) is 22.8 Å². The average molecular weight is 362 g/mol. The van der Waals surface area contributed by atoms with Crippen molar-refractivity contribution in [1.29, 1.82) is 0 Å². The van der Waals surface area contributed by atoms with Crippen LogP contribution in [0.25, 0.3) is 0 Å². The molecule has 0 bridgehead atoms. The third kappa shape index (κ3) is 4.95. The minimum Gasteiger partial charge on any atom is -0.494 e. The Morgan fingerprint density at radius 3 is 2.17 bits per heavy atom. The molecule has 2 N–H and O–H groups in total. The van der Waals surface area contributed by atoms with E-state index in [1.165, 1.54) is 0 Å². The largest absolute Gasteiger partial charge is 0.494 e. The summed E-state index contributed by atoms with van der Waals surface area (Å²) in [4.78, 5) is 0. The number of aromatic nitrogens is 3. The van der Waals surface area contributed by atoms with Crippen molar-refractivity contribution in [1.82, 2.24) is 14.9 Å². The van der Waals surface area contributed by atoms with E-state index in [2.05, 4.69) is 10.2 Å². The van der Waals surface area contributed by atoms with E-state index in [0.717, 1.165) is 23.9 Å². The Balaban J connectivity index is 1.78. The zero-order valence-electron chi connectivity index (χ0n) is 12.9. The molecule has 6 nitrogen and oxygen atoms in total. The third-order valence-corrected chi connectivity index (χ3v) is 3.71. The highest BCUT2D eigenvalue weighted by Gasteiger charge is 2.38. The highest BCUT2D eigenvalue weighted by Crippen LogP contribution is 2.28. The second-order valence-corrected chi connectivity index (χ2v) is 5.75. The van der Waals surface area contributed by atoms with Gasteiger partial charge in [0.05, 0.1) is 13.2 Å². The number of benzene rings is 1. The lowest BCUT2D eigenvalue weighted by atomic mass is 10.3. The molecule has 0 aliphatic carbocycles. The van der Waals surface area contributed by atoms with Crippen molar-refractivity contribution in [3.8, 4) is 11.5 Å². The molecule has 0 saturated carbocycles. The highest BCUT2D eigenvalue weighted by molar-refractivity contribution is 7.99. The molecule has 2 aromatic rings. The summed E-state index contributed by atoms with van der Waals surface area (Å²) in [5.74, 6) is 5.89. The van der Waals surface area contributed by atoms with Gasteiger partial charge in [-0.05, 0) is 30.7 Å². The molecule has 2 rings (SSSR count). The molecule has 0 spiro atoms. The van der Waals surface area contributed by atoms with E-state index in [1.807, 2.05) is 6.92 Å². The number of nitrogens with zero attached hydrogens (tertiary/aromatic N) is 3. The molecule has 0 fully saturated rings. The van der Waals surface area contributed by atoms with Gasteiger partial charge < -0.3 is 15.3 Å². The fraction of sp³-hybridized carbons (Fsp3) is 0.429. The number of hydrogen-bond acceptors (Lipinski definition) is 6. The van der Waals surface area contributed by atoms with Crippen LogP contribution in [0.2, 0.25) is 0 Å². The van der Waals surface area contributed by atoms with Crippen LogP contribution in [-0.4, -0.2) is 33.8 Å². The van der Waals surface area contributed by atoms with Gasteiger partial charge in [0, 0.05) is 5.75 Å². The summed E-state index contributed by atoms with van der Waals surface area (Å²) in [6, 6.07) is 7.13. The standard InChI is InChI=1S/C14H17F3N4O2S/c1-2-7-22-10-3-5-11(6-4-10)23-8-9-24-13-20-19-12(21(13)18)14(15,16)17/h3-6H,2,7-9,18H2,1H3. The molecule has 10 heteroatoms. The summed E-state index contributed by atoms with van der Waals surface area (Å²) in [5.41, 5.74) is 0. The van der Waals surface area contributed by atoms with Gasteiger partial charge in [0.2, 0.25) is 5.16 Å². The van der Waals surface area contributed by atoms with Gasteiger partial charge in [0.1, 0.15) is 11.5 Å². The van der Waals surface area contributed by atoms with Crippen LogP contribution in [0.4, 0.5) is 13.2 Å². The molecule has 0 radical (unpaired) electrons. The van der Waals surface area contributed by atoms with Crippen LogP contribution in [-0.2, 0) is 6.18 Å². The van der Waals surface area contributed by atoms with E-state index in [-0.39, 0.29) is 11.8 Å². The van der Waals surface area contributed by atoms with Gasteiger partial charge in [-0.2, -0.15) is 13.2 Å².